The lowest BCUT2D eigenvalue weighted by atomic mass is 10.1. The van der Waals surface area contributed by atoms with Gasteiger partial charge in [-0.3, -0.25) is 4.79 Å². The lowest BCUT2D eigenvalue weighted by Crippen LogP contribution is -2.37. The van der Waals surface area contributed by atoms with Crippen LogP contribution in [0, 0.1) is 0 Å². The van der Waals surface area contributed by atoms with Crippen molar-refractivity contribution in [2.24, 2.45) is 5.11 Å². The summed E-state index contributed by atoms with van der Waals surface area (Å²) in [5.41, 5.74) is 8.88. The zero-order valence-corrected chi connectivity index (χ0v) is 10.1. The van der Waals surface area contributed by atoms with Crippen molar-refractivity contribution in [1.82, 2.24) is 4.90 Å². The molecular weight excluding hydrogens is 251 g/mol. The first-order valence-electron chi connectivity index (χ1n) is 5.87. The van der Waals surface area contributed by atoms with E-state index in [0.29, 0.717) is 0 Å². The number of amides is 1. The number of rotatable bonds is 3. The van der Waals surface area contributed by atoms with Gasteiger partial charge < -0.3 is 10.0 Å². The summed E-state index contributed by atoms with van der Waals surface area (Å²) in [6.07, 6.45) is -1.00. The van der Waals surface area contributed by atoms with Crippen molar-refractivity contribution < 1.29 is 14.3 Å². The maximum Gasteiger partial charge on any atom is 0.254 e. The van der Waals surface area contributed by atoms with E-state index in [1.165, 1.54) is 17.0 Å². The lowest BCUT2D eigenvalue weighted by Gasteiger charge is -2.23. The van der Waals surface area contributed by atoms with Crippen LogP contribution < -0.4 is 0 Å². The molecule has 0 saturated carbocycles. The van der Waals surface area contributed by atoms with E-state index in [1.807, 2.05) is 0 Å². The van der Waals surface area contributed by atoms with E-state index in [0.717, 1.165) is 0 Å². The molecule has 1 aromatic rings. The summed E-state index contributed by atoms with van der Waals surface area (Å²) in [7, 11) is 0. The van der Waals surface area contributed by atoms with Gasteiger partial charge in [-0.2, -0.15) is 0 Å². The first-order chi connectivity index (χ1) is 9.17. The molecule has 1 aromatic carbocycles. The Morgan fingerprint density at radius 3 is 3.00 bits per heavy atom. The lowest BCUT2D eigenvalue weighted by molar-refractivity contribution is 0.0673. The molecule has 1 fully saturated rings. The number of azide groups is 1. The highest BCUT2D eigenvalue weighted by Gasteiger charge is 2.35. The number of alkyl halides is 1. The van der Waals surface area contributed by atoms with Gasteiger partial charge in [0.1, 0.15) is 6.17 Å². The third-order valence-corrected chi connectivity index (χ3v) is 3.12. The SMILES string of the molecule is [N-]=[N+]=Nc1ccccc1C(=O)N1C[C@@H](F)C[C@H]1CO. The molecule has 1 amide bonds. The molecule has 0 radical (unpaired) electrons. The van der Waals surface area contributed by atoms with Gasteiger partial charge in [-0.05, 0) is 11.6 Å². The Balaban J connectivity index is 2.31. The topological polar surface area (TPSA) is 89.3 Å². The summed E-state index contributed by atoms with van der Waals surface area (Å²) >= 11 is 0. The highest BCUT2D eigenvalue weighted by molar-refractivity contribution is 5.99. The van der Waals surface area contributed by atoms with Crippen LogP contribution in [0.1, 0.15) is 16.8 Å². The van der Waals surface area contributed by atoms with Crippen molar-refractivity contribution in [2.75, 3.05) is 13.2 Å². The maximum absolute atomic E-state index is 13.3. The number of nitrogens with zero attached hydrogens (tertiary/aromatic N) is 4. The molecule has 7 heteroatoms. The fourth-order valence-electron chi connectivity index (χ4n) is 2.23. The minimum absolute atomic E-state index is 0.0470. The van der Waals surface area contributed by atoms with Gasteiger partial charge in [0.25, 0.3) is 5.91 Å². The smallest absolute Gasteiger partial charge is 0.254 e. The van der Waals surface area contributed by atoms with E-state index < -0.39 is 18.1 Å². The molecule has 0 bridgehead atoms. The second kappa shape index (κ2) is 5.69. The van der Waals surface area contributed by atoms with E-state index >= 15 is 0 Å². The third kappa shape index (κ3) is 2.67. The van der Waals surface area contributed by atoms with Crippen molar-refractivity contribution in [3.63, 3.8) is 0 Å². The van der Waals surface area contributed by atoms with E-state index in [4.69, 9.17) is 5.53 Å². The summed E-state index contributed by atoms with van der Waals surface area (Å²) in [6.45, 7) is -0.329. The fourth-order valence-corrected chi connectivity index (χ4v) is 2.23. The predicted molar refractivity (Wildman–Crippen MR) is 66.7 cm³/mol. The highest BCUT2D eigenvalue weighted by atomic mass is 19.1. The molecule has 1 saturated heterocycles. The number of carbonyl (C=O) groups excluding carboxylic acids is 1. The average molecular weight is 264 g/mol. The average Bonchev–Trinajstić information content (AvgIpc) is 2.80. The standard InChI is InChI=1S/C12H13FN4O2/c13-8-5-9(7-18)17(6-8)12(19)10-3-1-2-4-11(10)15-16-14/h1-4,8-9,18H,5-7H2/t8-,9-/m0/s1. The highest BCUT2D eigenvalue weighted by Crippen LogP contribution is 2.26. The zero-order valence-electron chi connectivity index (χ0n) is 10.1. The number of halogens is 1. The summed E-state index contributed by atoms with van der Waals surface area (Å²) in [5, 5.41) is 12.6. The maximum atomic E-state index is 13.3. The van der Waals surface area contributed by atoms with Crippen LogP contribution in [0.4, 0.5) is 10.1 Å². The Morgan fingerprint density at radius 1 is 1.58 bits per heavy atom. The van der Waals surface area contributed by atoms with Gasteiger partial charge >= 0.3 is 0 Å². The number of aliphatic hydroxyl groups is 1. The molecule has 2 atom stereocenters. The van der Waals surface area contributed by atoms with Crippen molar-refractivity contribution in [3.8, 4) is 0 Å². The Bertz CT molecular complexity index is 530. The number of carbonyl (C=O) groups is 1. The minimum Gasteiger partial charge on any atom is -0.394 e. The quantitative estimate of drug-likeness (QED) is 0.515. The molecule has 19 heavy (non-hydrogen) atoms. The third-order valence-electron chi connectivity index (χ3n) is 3.12. The van der Waals surface area contributed by atoms with E-state index in [-0.39, 0.29) is 30.8 Å². The molecule has 100 valence electrons. The van der Waals surface area contributed by atoms with Crippen LogP contribution in [-0.4, -0.2) is 41.3 Å². The fraction of sp³-hybridized carbons (Fsp3) is 0.417. The number of hydrogen-bond donors (Lipinski definition) is 1. The van der Waals surface area contributed by atoms with E-state index in [2.05, 4.69) is 10.0 Å². The largest absolute Gasteiger partial charge is 0.394 e. The molecule has 0 spiro atoms. The molecule has 1 aliphatic rings. The summed E-state index contributed by atoms with van der Waals surface area (Å²) in [6, 6.07) is 5.80. The van der Waals surface area contributed by atoms with Crippen LogP contribution in [0.25, 0.3) is 10.4 Å². The van der Waals surface area contributed by atoms with Gasteiger partial charge in [0, 0.05) is 16.9 Å². The molecule has 0 aliphatic carbocycles. The van der Waals surface area contributed by atoms with Gasteiger partial charge in [-0.1, -0.05) is 23.3 Å². The van der Waals surface area contributed by atoms with Gasteiger partial charge in [0.05, 0.1) is 24.9 Å². The number of benzene rings is 1. The first kappa shape index (κ1) is 13.3. The number of likely N-dealkylation sites (tertiary alicyclic amines) is 1. The van der Waals surface area contributed by atoms with Crippen LogP contribution in [-0.2, 0) is 0 Å². The van der Waals surface area contributed by atoms with E-state index in [1.54, 1.807) is 12.1 Å². The Labute approximate surface area is 109 Å². The summed E-state index contributed by atoms with van der Waals surface area (Å²) in [5.74, 6) is -0.429. The predicted octanol–water partition coefficient (Wildman–Crippen LogP) is 2.17. The molecule has 6 nitrogen and oxygen atoms in total. The van der Waals surface area contributed by atoms with Gasteiger partial charge in [0.15, 0.2) is 0 Å². The normalized spacial score (nSPS) is 22.1. The first-order valence-corrected chi connectivity index (χ1v) is 5.87. The minimum atomic E-state index is -1.13. The Kier molecular flexibility index (Phi) is 3.99. The number of hydrogen-bond acceptors (Lipinski definition) is 3. The molecule has 0 unspecified atom stereocenters. The second-order valence-electron chi connectivity index (χ2n) is 4.33. The van der Waals surface area contributed by atoms with Crippen LogP contribution in [0.5, 0.6) is 0 Å². The van der Waals surface area contributed by atoms with Crippen LogP contribution in [0.2, 0.25) is 0 Å². The summed E-state index contributed by atoms with van der Waals surface area (Å²) in [4.78, 5) is 16.3. The second-order valence-corrected chi connectivity index (χ2v) is 4.33. The molecular formula is C12H13FN4O2. The van der Waals surface area contributed by atoms with Crippen LogP contribution in [0.15, 0.2) is 29.4 Å². The van der Waals surface area contributed by atoms with E-state index in [9.17, 15) is 14.3 Å². The van der Waals surface area contributed by atoms with Crippen molar-refractivity contribution in [2.45, 2.75) is 18.6 Å². The van der Waals surface area contributed by atoms with Gasteiger partial charge in [-0.15, -0.1) is 0 Å². The van der Waals surface area contributed by atoms with Gasteiger partial charge in [0.2, 0.25) is 0 Å². The molecule has 0 aromatic heterocycles. The summed E-state index contributed by atoms with van der Waals surface area (Å²) < 4.78 is 13.3. The molecule has 1 N–H and O–H groups in total. The monoisotopic (exact) mass is 264 g/mol. The Hall–Kier alpha value is -2.11. The van der Waals surface area contributed by atoms with Crippen molar-refractivity contribution >= 4 is 11.6 Å². The number of aliphatic hydroxyl groups excluding tert-OH is 1. The molecule has 2 rings (SSSR count). The van der Waals surface area contributed by atoms with Gasteiger partial charge in [-0.25, -0.2) is 4.39 Å². The van der Waals surface area contributed by atoms with Crippen LogP contribution >= 0.6 is 0 Å². The van der Waals surface area contributed by atoms with Crippen molar-refractivity contribution in [1.29, 1.82) is 0 Å². The molecule has 1 aliphatic heterocycles. The van der Waals surface area contributed by atoms with Crippen molar-refractivity contribution in [3.05, 3.63) is 40.3 Å². The zero-order chi connectivity index (χ0) is 13.8. The van der Waals surface area contributed by atoms with Crippen LogP contribution in [0.3, 0.4) is 0 Å². The Morgan fingerprint density at radius 2 is 2.32 bits per heavy atom. The molecule has 1 heterocycles.